The number of nitrogens with zero attached hydrogens (tertiary/aromatic N) is 2. The number of piperazine rings is 1. The van der Waals surface area contributed by atoms with Gasteiger partial charge in [-0.05, 0) is 18.1 Å². The summed E-state index contributed by atoms with van der Waals surface area (Å²) in [6.07, 6.45) is 4.27. The molecule has 1 amide bonds. The topological polar surface area (TPSA) is 72.2 Å². The number of benzene rings is 2. The van der Waals surface area contributed by atoms with Crippen molar-refractivity contribution in [2.24, 2.45) is 0 Å². The van der Waals surface area contributed by atoms with Crippen molar-refractivity contribution >= 4 is 23.0 Å². The number of amides is 1. The molecule has 4 rings (SSSR count). The van der Waals surface area contributed by atoms with Crippen molar-refractivity contribution in [3.63, 3.8) is 0 Å². The number of carbonyl (C=O) groups is 1. The van der Waals surface area contributed by atoms with Gasteiger partial charge in [0.25, 0.3) is 0 Å². The van der Waals surface area contributed by atoms with Gasteiger partial charge in [-0.2, -0.15) is 0 Å². The minimum absolute atomic E-state index is 0.00714. The van der Waals surface area contributed by atoms with E-state index in [-0.39, 0.29) is 12.3 Å². The summed E-state index contributed by atoms with van der Waals surface area (Å²) < 4.78 is 16.3. The van der Waals surface area contributed by atoms with Crippen LogP contribution in [-0.2, 0) is 11.2 Å². The summed E-state index contributed by atoms with van der Waals surface area (Å²) >= 11 is 0. The summed E-state index contributed by atoms with van der Waals surface area (Å²) in [4.78, 5) is 29.9. The highest BCUT2D eigenvalue weighted by Gasteiger charge is 2.24. The number of aryl methyl sites for hydroxylation is 1. The zero-order valence-corrected chi connectivity index (χ0v) is 19.9. The van der Waals surface area contributed by atoms with Crippen molar-refractivity contribution < 1.29 is 18.7 Å². The first-order valence-corrected chi connectivity index (χ1v) is 11.4. The fraction of sp³-hybridized carbons (Fsp3) is 0.333. The number of hydrogen-bond acceptors (Lipinski definition) is 6. The van der Waals surface area contributed by atoms with Gasteiger partial charge in [-0.15, -0.1) is 0 Å². The van der Waals surface area contributed by atoms with E-state index in [1.807, 2.05) is 30.0 Å². The summed E-state index contributed by atoms with van der Waals surface area (Å²) in [5.41, 5.74) is 2.12. The molecular formula is C27H30N2O5. The first kappa shape index (κ1) is 23.6. The van der Waals surface area contributed by atoms with Crippen LogP contribution in [-0.4, -0.2) is 62.7 Å². The minimum Gasteiger partial charge on any atom is -0.496 e. The van der Waals surface area contributed by atoms with E-state index in [0.717, 1.165) is 19.6 Å². The molecule has 3 aromatic rings. The molecule has 1 aliphatic rings. The van der Waals surface area contributed by atoms with Gasteiger partial charge in [-0.1, -0.05) is 42.5 Å². The van der Waals surface area contributed by atoms with Crippen molar-refractivity contribution in [3.05, 3.63) is 75.7 Å². The highest BCUT2D eigenvalue weighted by molar-refractivity contribution is 5.90. The van der Waals surface area contributed by atoms with Crippen LogP contribution in [0.3, 0.4) is 0 Å². The van der Waals surface area contributed by atoms with Crippen LogP contribution in [0, 0.1) is 6.92 Å². The molecule has 1 fully saturated rings. The lowest BCUT2D eigenvalue weighted by molar-refractivity contribution is -0.132. The van der Waals surface area contributed by atoms with E-state index in [4.69, 9.17) is 13.9 Å². The van der Waals surface area contributed by atoms with Crippen LogP contribution in [0.4, 0.5) is 0 Å². The second kappa shape index (κ2) is 10.6. The lowest BCUT2D eigenvalue weighted by Crippen LogP contribution is -2.49. The fourth-order valence-electron chi connectivity index (χ4n) is 4.31. The molecule has 34 heavy (non-hydrogen) atoms. The molecule has 2 heterocycles. The van der Waals surface area contributed by atoms with Crippen LogP contribution < -0.4 is 15.1 Å². The molecule has 1 saturated heterocycles. The second-order valence-electron chi connectivity index (χ2n) is 8.37. The van der Waals surface area contributed by atoms with E-state index < -0.39 is 5.63 Å². The number of ether oxygens (including phenoxy) is 2. The van der Waals surface area contributed by atoms with E-state index >= 15 is 0 Å². The fourth-order valence-corrected chi connectivity index (χ4v) is 4.31. The van der Waals surface area contributed by atoms with Gasteiger partial charge in [0.15, 0.2) is 0 Å². The monoisotopic (exact) mass is 462 g/mol. The summed E-state index contributed by atoms with van der Waals surface area (Å²) in [5, 5.41) is 0.681. The first-order valence-electron chi connectivity index (χ1n) is 11.4. The molecule has 0 aliphatic carbocycles. The van der Waals surface area contributed by atoms with Gasteiger partial charge in [0.1, 0.15) is 17.1 Å². The number of fused-ring (bicyclic) bond motifs is 1. The SMILES string of the molecule is COc1cc(OC)c2c(C)c(CC(=O)N3CCN(CC=Cc4ccccc4)CC3)c(=O)oc2c1. The van der Waals surface area contributed by atoms with Gasteiger partial charge < -0.3 is 18.8 Å². The van der Waals surface area contributed by atoms with E-state index in [2.05, 4.69) is 29.2 Å². The first-order chi connectivity index (χ1) is 16.5. The molecule has 7 heteroatoms. The largest absolute Gasteiger partial charge is 0.496 e. The predicted octanol–water partition coefficient (Wildman–Crippen LogP) is 3.52. The highest BCUT2D eigenvalue weighted by atomic mass is 16.5. The van der Waals surface area contributed by atoms with Crippen LogP contribution >= 0.6 is 0 Å². The third-order valence-electron chi connectivity index (χ3n) is 6.30. The van der Waals surface area contributed by atoms with E-state index in [0.29, 0.717) is 46.7 Å². The summed E-state index contributed by atoms with van der Waals surface area (Å²) in [6.45, 7) is 5.53. The van der Waals surface area contributed by atoms with E-state index in [9.17, 15) is 9.59 Å². The molecule has 0 spiro atoms. The second-order valence-corrected chi connectivity index (χ2v) is 8.37. The van der Waals surface area contributed by atoms with Gasteiger partial charge in [0.05, 0.1) is 31.6 Å². The zero-order chi connectivity index (χ0) is 24.1. The molecule has 1 aliphatic heterocycles. The number of carbonyl (C=O) groups excluding carboxylic acids is 1. The lowest BCUT2D eigenvalue weighted by atomic mass is 10.0. The van der Waals surface area contributed by atoms with Crippen molar-refractivity contribution in [2.75, 3.05) is 46.9 Å². The minimum atomic E-state index is -0.502. The average molecular weight is 463 g/mol. The third-order valence-corrected chi connectivity index (χ3v) is 6.30. The number of hydrogen-bond donors (Lipinski definition) is 0. The Morgan fingerprint density at radius 2 is 1.79 bits per heavy atom. The molecule has 0 unspecified atom stereocenters. The molecule has 0 bridgehead atoms. The van der Waals surface area contributed by atoms with Crippen molar-refractivity contribution in [1.29, 1.82) is 0 Å². The maximum Gasteiger partial charge on any atom is 0.340 e. The highest BCUT2D eigenvalue weighted by Crippen LogP contribution is 2.33. The normalized spacial score (nSPS) is 14.6. The average Bonchev–Trinajstić information content (AvgIpc) is 2.86. The molecule has 7 nitrogen and oxygen atoms in total. The summed E-state index contributed by atoms with van der Waals surface area (Å²) in [6, 6.07) is 13.6. The van der Waals surface area contributed by atoms with Crippen LogP contribution in [0.15, 0.2) is 57.8 Å². The molecule has 0 radical (unpaired) electrons. The quantitative estimate of drug-likeness (QED) is 0.501. The third kappa shape index (κ3) is 5.15. The predicted molar refractivity (Wildman–Crippen MR) is 133 cm³/mol. The Bertz CT molecular complexity index is 1240. The number of rotatable bonds is 7. The zero-order valence-electron chi connectivity index (χ0n) is 19.9. The Morgan fingerprint density at radius 1 is 1.06 bits per heavy atom. The maximum absolute atomic E-state index is 13.0. The molecule has 0 N–H and O–H groups in total. The van der Waals surface area contributed by atoms with Gasteiger partial charge in [0.2, 0.25) is 5.91 Å². The van der Waals surface area contributed by atoms with Crippen molar-refractivity contribution in [3.8, 4) is 11.5 Å². The van der Waals surface area contributed by atoms with Crippen molar-refractivity contribution in [2.45, 2.75) is 13.3 Å². The molecule has 0 saturated carbocycles. The molecule has 1 aromatic heterocycles. The van der Waals surface area contributed by atoms with Gasteiger partial charge in [-0.3, -0.25) is 9.69 Å². The summed E-state index contributed by atoms with van der Waals surface area (Å²) in [7, 11) is 3.09. The van der Waals surface area contributed by atoms with Crippen LogP contribution in [0.25, 0.3) is 17.0 Å². The lowest BCUT2D eigenvalue weighted by Gasteiger charge is -2.34. The Kier molecular flexibility index (Phi) is 7.33. The standard InChI is InChI=1S/C27H30N2O5/c1-19-22(27(31)34-24-17-21(32-2)16-23(33-3)26(19)24)18-25(30)29-14-12-28(13-15-29)11-7-10-20-8-5-4-6-9-20/h4-10,16-17H,11-15,18H2,1-3H3. The Labute approximate surface area is 199 Å². The van der Waals surface area contributed by atoms with Gasteiger partial charge in [-0.25, -0.2) is 4.79 Å². The Morgan fingerprint density at radius 3 is 2.47 bits per heavy atom. The van der Waals surface area contributed by atoms with Crippen molar-refractivity contribution in [1.82, 2.24) is 9.80 Å². The maximum atomic E-state index is 13.0. The van der Waals surface area contributed by atoms with Crippen LogP contribution in [0.2, 0.25) is 0 Å². The molecule has 0 atom stereocenters. The van der Waals surface area contributed by atoms with Crippen LogP contribution in [0.5, 0.6) is 11.5 Å². The Hall–Kier alpha value is -3.58. The molecule has 178 valence electrons. The van der Waals surface area contributed by atoms with Gasteiger partial charge in [0, 0.05) is 44.9 Å². The smallest absolute Gasteiger partial charge is 0.340 e. The van der Waals surface area contributed by atoms with Crippen LogP contribution in [0.1, 0.15) is 16.7 Å². The summed E-state index contributed by atoms with van der Waals surface area (Å²) in [5.74, 6) is 1.01. The molecule has 2 aromatic carbocycles. The van der Waals surface area contributed by atoms with E-state index in [1.54, 1.807) is 19.2 Å². The molecular weight excluding hydrogens is 432 g/mol. The number of methoxy groups -OCH3 is 2. The van der Waals surface area contributed by atoms with E-state index in [1.165, 1.54) is 12.7 Å². The Balaban J connectivity index is 1.41. The van der Waals surface area contributed by atoms with Gasteiger partial charge >= 0.3 is 5.63 Å².